The summed E-state index contributed by atoms with van der Waals surface area (Å²) in [5, 5.41) is 5.81. The number of hydrogen-bond acceptors (Lipinski definition) is 6. The van der Waals surface area contributed by atoms with Gasteiger partial charge in [-0.25, -0.2) is 0 Å². The highest BCUT2D eigenvalue weighted by molar-refractivity contribution is 5.81. The lowest BCUT2D eigenvalue weighted by atomic mass is 10.1. The van der Waals surface area contributed by atoms with Crippen LogP contribution < -0.4 is 10.6 Å². The molecule has 0 spiro atoms. The number of nitrogens with one attached hydrogen (secondary N) is 2. The lowest BCUT2D eigenvalue weighted by molar-refractivity contribution is -0.133. The van der Waals surface area contributed by atoms with Gasteiger partial charge in [0.2, 0.25) is 11.8 Å². The second-order valence-electron chi connectivity index (χ2n) is 7.07. The molecule has 2 rings (SSSR count). The molecule has 0 aromatic rings. The van der Waals surface area contributed by atoms with Crippen molar-refractivity contribution in [3.63, 3.8) is 0 Å². The number of fused-ring (bicyclic) bond motifs is 1. The molecular weight excluding hydrogens is 328 g/mol. The van der Waals surface area contributed by atoms with E-state index in [9.17, 15) is 9.59 Å². The molecule has 2 N–H and O–H groups in total. The Hall–Kier alpha value is -1.22. The van der Waals surface area contributed by atoms with Gasteiger partial charge in [0.1, 0.15) is 24.4 Å². The molecule has 144 valence electrons. The van der Waals surface area contributed by atoms with Crippen molar-refractivity contribution in [2.24, 2.45) is 5.92 Å². The van der Waals surface area contributed by atoms with E-state index in [0.717, 1.165) is 0 Å². The van der Waals surface area contributed by atoms with E-state index < -0.39 is 12.2 Å². The Kier molecular flexibility index (Phi) is 7.18. The number of hydrogen-bond donors (Lipinski definition) is 2. The Labute approximate surface area is 148 Å². The van der Waals surface area contributed by atoms with Gasteiger partial charge in [-0.3, -0.25) is 9.59 Å². The average Bonchev–Trinajstić information content (AvgIpc) is 3.15. The van der Waals surface area contributed by atoms with Crippen molar-refractivity contribution in [3.8, 4) is 0 Å². The molecule has 6 atom stereocenters. The molecule has 0 bridgehead atoms. The zero-order valence-corrected chi connectivity index (χ0v) is 15.6. The molecular formula is C17H30N2O6. The van der Waals surface area contributed by atoms with Gasteiger partial charge in [0.15, 0.2) is 0 Å². The normalized spacial score (nSPS) is 30.8. The lowest BCUT2D eigenvalue weighted by Gasteiger charge is -2.21. The topological polar surface area (TPSA) is 95.1 Å². The summed E-state index contributed by atoms with van der Waals surface area (Å²) >= 11 is 0. The van der Waals surface area contributed by atoms with Crippen LogP contribution in [0, 0.1) is 5.92 Å². The van der Waals surface area contributed by atoms with Gasteiger partial charge in [-0.05, 0) is 19.8 Å². The summed E-state index contributed by atoms with van der Waals surface area (Å²) in [6, 6.07) is -0.490. The minimum absolute atomic E-state index is 0.181. The minimum Gasteiger partial charge on any atom is -0.372 e. The van der Waals surface area contributed by atoms with Crippen LogP contribution in [0.25, 0.3) is 0 Å². The van der Waals surface area contributed by atoms with Crippen molar-refractivity contribution in [1.82, 2.24) is 10.6 Å². The minimum atomic E-state index is -0.532. The van der Waals surface area contributed by atoms with E-state index in [1.165, 1.54) is 7.11 Å². The molecule has 0 aliphatic carbocycles. The predicted octanol–water partition coefficient (Wildman–Crippen LogP) is -0.150. The second kappa shape index (κ2) is 8.93. The standard InChI is InChI=1S/C17H30N2O6/c1-9(2)6-23-11(4)17(21)19-13-8-25-14-12(7-24-15(13)14)18-16(20)10(3)22-5/h9-15H,6-8H2,1-5H3,(H,18,20)(H,19,21)/t10-,11?,12+,13+,14-,15-/m1/s1. The fourth-order valence-corrected chi connectivity index (χ4v) is 2.87. The molecule has 2 aliphatic heterocycles. The Morgan fingerprint density at radius 3 is 1.88 bits per heavy atom. The molecule has 1 unspecified atom stereocenters. The molecule has 8 heteroatoms. The molecule has 2 amide bonds. The number of rotatable bonds is 8. The largest absolute Gasteiger partial charge is 0.372 e. The van der Waals surface area contributed by atoms with Crippen LogP contribution in [0.2, 0.25) is 0 Å². The Balaban J connectivity index is 1.83. The monoisotopic (exact) mass is 358 g/mol. The molecule has 2 heterocycles. The van der Waals surface area contributed by atoms with Gasteiger partial charge in [-0.2, -0.15) is 0 Å². The van der Waals surface area contributed by atoms with Crippen LogP contribution in [0.3, 0.4) is 0 Å². The molecule has 2 aliphatic rings. The quantitative estimate of drug-likeness (QED) is 0.627. The van der Waals surface area contributed by atoms with E-state index in [1.54, 1.807) is 13.8 Å². The van der Waals surface area contributed by atoms with Crippen molar-refractivity contribution < 1.29 is 28.5 Å². The van der Waals surface area contributed by atoms with Crippen LogP contribution >= 0.6 is 0 Å². The first-order valence-electron chi connectivity index (χ1n) is 8.81. The van der Waals surface area contributed by atoms with Crippen LogP contribution in [0.1, 0.15) is 27.7 Å². The maximum absolute atomic E-state index is 12.3. The third-order valence-electron chi connectivity index (χ3n) is 4.48. The Morgan fingerprint density at radius 2 is 1.44 bits per heavy atom. The van der Waals surface area contributed by atoms with Gasteiger partial charge in [0.05, 0.1) is 25.3 Å². The number of methoxy groups -OCH3 is 1. The van der Waals surface area contributed by atoms with Crippen LogP contribution in [-0.4, -0.2) is 75.2 Å². The van der Waals surface area contributed by atoms with Crippen molar-refractivity contribution in [2.75, 3.05) is 26.9 Å². The van der Waals surface area contributed by atoms with Crippen LogP contribution in [0.4, 0.5) is 0 Å². The molecule has 0 aromatic heterocycles. The number of amides is 2. The van der Waals surface area contributed by atoms with Gasteiger partial charge in [0, 0.05) is 13.7 Å². The maximum Gasteiger partial charge on any atom is 0.249 e. The van der Waals surface area contributed by atoms with E-state index in [2.05, 4.69) is 10.6 Å². The predicted molar refractivity (Wildman–Crippen MR) is 90.1 cm³/mol. The number of carbonyl (C=O) groups excluding carboxylic acids is 2. The third kappa shape index (κ3) is 5.13. The SMILES string of the molecule is CO[C@H](C)C(=O)N[C@H]1CO[C@H]2[C@@H]1OC[C@@H]2NC(=O)C(C)OCC(C)C. The molecule has 2 fully saturated rings. The zero-order chi connectivity index (χ0) is 18.6. The van der Waals surface area contributed by atoms with Crippen LogP contribution in [0.5, 0.6) is 0 Å². The average molecular weight is 358 g/mol. The van der Waals surface area contributed by atoms with E-state index in [1.807, 2.05) is 13.8 Å². The smallest absolute Gasteiger partial charge is 0.249 e. The first-order chi connectivity index (χ1) is 11.8. The second-order valence-corrected chi connectivity index (χ2v) is 7.07. The van der Waals surface area contributed by atoms with Crippen LogP contribution in [0.15, 0.2) is 0 Å². The van der Waals surface area contributed by atoms with Gasteiger partial charge in [-0.1, -0.05) is 13.8 Å². The van der Waals surface area contributed by atoms with Crippen molar-refractivity contribution in [2.45, 2.75) is 64.2 Å². The highest BCUT2D eigenvalue weighted by Gasteiger charge is 2.49. The fourth-order valence-electron chi connectivity index (χ4n) is 2.87. The summed E-state index contributed by atoms with van der Waals surface area (Å²) in [6.07, 6.45) is -1.61. The Morgan fingerprint density at radius 1 is 0.960 bits per heavy atom. The van der Waals surface area contributed by atoms with Crippen molar-refractivity contribution >= 4 is 11.8 Å². The summed E-state index contributed by atoms with van der Waals surface area (Å²) < 4.78 is 22.1. The first kappa shape index (κ1) is 20.1. The molecule has 25 heavy (non-hydrogen) atoms. The van der Waals surface area contributed by atoms with Gasteiger partial charge < -0.3 is 29.6 Å². The first-order valence-corrected chi connectivity index (χ1v) is 8.81. The van der Waals surface area contributed by atoms with Gasteiger partial charge >= 0.3 is 0 Å². The summed E-state index contributed by atoms with van der Waals surface area (Å²) in [6.45, 7) is 8.71. The summed E-state index contributed by atoms with van der Waals surface area (Å²) in [4.78, 5) is 24.2. The Bertz CT molecular complexity index is 472. The zero-order valence-electron chi connectivity index (χ0n) is 15.6. The van der Waals surface area contributed by atoms with Crippen molar-refractivity contribution in [1.29, 1.82) is 0 Å². The van der Waals surface area contributed by atoms with E-state index in [0.29, 0.717) is 25.7 Å². The maximum atomic E-state index is 12.3. The summed E-state index contributed by atoms with van der Waals surface area (Å²) in [7, 11) is 1.48. The van der Waals surface area contributed by atoms with E-state index in [4.69, 9.17) is 18.9 Å². The summed E-state index contributed by atoms with van der Waals surface area (Å²) in [5.74, 6) is -0.0194. The highest BCUT2D eigenvalue weighted by Crippen LogP contribution is 2.27. The van der Waals surface area contributed by atoms with Gasteiger partial charge in [0.25, 0.3) is 0 Å². The van der Waals surface area contributed by atoms with Gasteiger partial charge in [-0.15, -0.1) is 0 Å². The number of ether oxygens (including phenoxy) is 4. The molecule has 2 saturated heterocycles. The molecule has 0 saturated carbocycles. The van der Waals surface area contributed by atoms with Crippen LogP contribution in [-0.2, 0) is 28.5 Å². The lowest BCUT2D eigenvalue weighted by Crippen LogP contribution is -2.50. The molecule has 0 aromatic carbocycles. The van der Waals surface area contributed by atoms with E-state index >= 15 is 0 Å². The molecule has 8 nitrogen and oxygen atoms in total. The molecule has 0 radical (unpaired) electrons. The highest BCUT2D eigenvalue weighted by atomic mass is 16.6. The van der Waals surface area contributed by atoms with Crippen molar-refractivity contribution in [3.05, 3.63) is 0 Å². The summed E-state index contributed by atoms with van der Waals surface area (Å²) in [5.41, 5.74) is 0. The third-order valence-corrected chi connectivity index (χ3v) is 4.48. The number of carbonyl (C=O) groups is 2. The fraction of sp³-hybridized carbons (Fsp3) is 0.882. The van der Waals surface area contributed by atoms with E-state index in [-0.39, 0.29) is 36.1 Å².